The lowest BCUT2D eigenvalue weighted by molar-refractivity contribution is -0.140. The van der Waals surface area contributed by atoms with Gasteiger partial charge in [0.15, 0.2) is 11.4 Å². The van der Waals surface area contributed by atoms with Gasteiger partial charge in [0.05, 0.1) is 6.42 Å². The van der Waals surface area contributed by atoms with Crippen molar-refractivity contribution in [1.29, 1.82) is 0 Å². The van der Waals surface area contributed by atoms with Gasteiger partial charge in [0.2, 0.25) is 0 Å². The van der Waals surface area contributed by atoms with Crippen LogP contribution >= 0.6 is 11.3 Å². The van der Waals surface area contributed by atoms with Crippen molar-refractivity contribution in [2.24, 2.45) is 4.99 Å². The molecule has 0 atom stereocenters. The first-order chi connectivity index (χ1) is 8.28. The van der Waals surface area contributed by atoms with Crippen molar-refractivity contribution in [3.05, 3.63) is 22.4 Å². The van der Waals surface area contributed by atoms with E-state index in [0.29, 0.717) is 12.3 Å². The fraction of sp³-hybridized carbons (Fsp3) is 0.538. The van der Waals surface area contributed by atoms with Crippen LogP contribution in [0.15, 0.2) is 22.5 Å². The van der Waals surface area contributed by atoms with Crippen molar-refractivity contribution in [2.45, 2.75) is 44.1 Å². The minimum Gasteiger partial charge on any atom is -0.410 e. The van der Waals surface area contributed by atoms with Crippen molar-refractivity contribution in [1.82, 2.24) is 0 Å². The van der Waals surface area contributed by atoms with Crippen molar-refractivity contribution in [3.8, 4) is 0 Å². The van der Waals surface area contributed by atoms with Gasteiger partial charge in [-0.3, -0.25) is 0 Å². The number of cyclic esters (lactones) is 1. The second-order valence-corrected chi connectivity index (χ2v) is 5.78. The molecule has 90 valence electrons. The summed E-state index contributed by atoms with van der Waals surface area (Å²) >= 11 is 1.67. The highest BCUT2D eigenvalue weighted by Gasteiger charge is 2.46. The number of hydrogen-bond donors (Lipinski definition) is 0. The first-order valence-corrected chi connectivity index (χ1v) is 7.00. The number of ether oxygens (including phenoxy) is 1. The van der Waals surface area contributed by atoms with Crippen molar-refractivity contribution in [2.75, 3.05) is 0 Å². The Morgan fingerprint density at radius 2 is 2.18 bits per heavy atom. The van der Waals surface area contributed by atoms with Gasteiger partial charge in [-0.15, -0.1) is 11.3 Å². The zero-order chi connectivity index (χ0) is 11.7. The van der Waals surface area contributed by atoms with Crippen LogP contribution in [0.25, 0.3) is 0 Å². The molecule has 0 bridgehead atoms. The molecule has 2 aliphatic rings. The molecule has 0 radical (unpaired) electrons. The Labute approximate surface area is 105 Å². The van der Waals surface area contributed by atoms with Gasteiger partial charge in [0.1, 0.15) is 0 Å². The first-order valence-electron chi connectivity index (χ1n) is 6.12. The number of carbonyl (C=O) groups is 1. The normalized spacial score (nSPS) is 22.6. The van der Waals surface area contributed by atoms with Gasteiger partial charge >= 0.3 is 5.97 Å². The van der Waals surface area contributed by atoms with Gasteiger partial charge in [-0.05, 0) is 24.3 Å². The molecule has 1 saturated carbocycles. The summed E-state index contributed by atoms with van der Waals surface area (Å²) in [4.78, 5) is 17.7. The fourth-order valence-electron chi connectivity index (χ4n) is 2.60. The quantitative estimate of drug-likeness (QED) is 0.756. The molecule has 0 N–H and O–H groups in total. The van der Waals surface area contributed by atoms with Crippen LogP contribution in [0.2, 0.25) is 0 Å². The van der Waals surface area contributed by atoms with Crippen LogP contribution in [0.3, 0.4) is 0 Å². The maximum Gasteiger partial charge on any atom is 0.340 e. The average Bonchev–Trinajstić information content (AvgIpc) is 2.91. The zero-order valence-corrected chi connectivity index (χ0v) is 10.5. The summed E-state index contributed by atoms with van der Waals surface area (Å²) in [6.45, 7) is 0. The van der Waals surface area contributed by atoms with E-state index in [1.54, 1.807) is 11.3 Å². The van der Waals surface area contributed by atoms with Crippen LogP contribution in [0.1, 0.15) is 37.0 Å². The molecular weight excluding hydrogens is 234 g/mol. The predicted octanol–water partition coefficient (Wildman–Crippen LogP) is 2.95. The van der Waals surface area contributed by atoms with Crippen molar-refractivity contribution < 1.29 is 9.53 Å². The molecule has 2 heterocycles. The Morgan fingerprint density at radius 3 is 2.88 bits per heavy atom. The lowest BCUT2D eigenvalue weighted by Gasteiger charge is -2.25. The van der Waals surface area contributed by atoms with Gasteiger partial charge in [-0.25, -0.2) is 9.79 Å². The zero-order valence-electron chi connectivity index (χ0n) is 9.65. The fourth-order valence-corrected chi connectivity index (χ4v) is 3.30. The van der Waals surface area contributed by atoms with E-state index in [4.69, 9.17) is 4.74 Å². The predicted molar refractivity (Wildman–Crippen MR) is 67.4 cm³/mol. The maximum absolute atomic E-state index is 12.0. The SMILES string of the molecule is O=C1OC(Cc2cccs2)=NC12CCCCC2. The van der Waals surface area contributed by atoms with Crippen LogP contribution in [0.5, 0.6) is 0 Å². The Bertz CT molecular complexity index is 444. The standard InChI is InChI=1S/C13H15NO2S/c15-12-13(6-2-1-3-7-13)14-11(16-12)9-10-5-4-8-17-10/h4-5,8H,1-3,6-7,9H2. The van der Waals surface area contributed by atoms with Crippen molar-refractivity contribution >= 4 is 23.2 Å². The highest BCUT2D eigenvalue weighted by molar-refractivity contribution is 7.10. The van der Waals surface area contributed by atoms with E-state index in [0.717, 1.165) is 25.7 Å². The molecule has 1 aliphatic carbocycles. The summed E-state index contributed by atoms with van der Waals surface area (Å²) in [5.74, 6) is 0.489. The van der Waals surface area contributed by atoms with Gasteiger partial charge < -0.3 is 4.74 Å². The molecule has 1 spiro atoms. The van der Waals surface area contributed by atoms with Crippen LogP contribution in [-0.4, -0.2) is 17.4 Å². The summed E-state index contributed by atoms with van der Waals surface area (Å²) in [5, 5.41) is 2.03. The summed E-state index contributed by atoms with van der Waals surface area (Å²) < 4.78 is 5.35. The second-order valence-electron chi connectivity index (χ2n) is 4.74. The Hall–Kier alpha value is -1.16. The summed E-state index contributed by atoms with van der Waals surface area (Å²) in [5.41, 5.74) is -0.523. The molecule has 0 unspecified atom stereocenters. The lowest BCUT2D eigenvalue weighted by atomic mass is 9.83. The minimum absolute atomic E-state index is 0.122. The lowest BCUT2D eigenvalue weighted by Crippen LogP contribution is -2.35. The third-order valence-corrected chi connectivity index (χ3v) is 4.39. The number of thiophene rings is 1. The molecule has 4 heteroatoms. The first kappa shape index (κ1) is 11.0. The largest absolute Gasteiger partial charge is 0.410 e. The monoisotopic (exact) mass is 249 g/mol. The molecular formula is C13H15NO2S. The molecule has 1 aliphatic heterocycles. The van der Waals surface area contributed by atoms with Crippen molar-refractivity contribution in [3.63, 3.8) is 0 Å². The van der Waals surface area contributed by atoms with E-state index in [1.807, 2.05) is 17.5 Å². The number of esters is 1. The minimum atomic E-state index is -0.523. The van der Waals surface area contributed by atoms with Crippen LogP contribution in [0, 0.1) is 0 Å². The van der Waals surface area contributed by atoms with E-state index < -0.39 is 5.54 Å². The molecule has 0 aromatic carbocycles. The smallest absolute Gasteiger partial charge is 0.340 e. The Balaban J connectivity index is 1.78. The van der Waals surface area contributed by atoms with E-state index in [9.17, 15) is 4.79 Å². The van der Waals surface area contributed by atoms with Crippen LogP contribution < -0.4 is 0 Å². The third-order valence-electron chi connectivity index (χ3n) is 3.52. The Kier molecular flexibility index (Phi) is 2.74. The number of rotatable bonds is 2. The number of aliphatic imine (C=N–C) groups is 1. The molecule has 17 heavy (non-hydrogen) atoms. The van der Waals surface area contributed by atoms with Crippen LogP contribution in [-0.2, 0) is 16.0 Å². The van der Waals surface area contributed by atoms with Gasteiger partial charge in [-0.1, -0.05) is 25.3 Å². The van der Waals surface area contributed by atoms with E-state index in [1.165, 1.54) is 11.3 Å². The summed E-state index contributed by atoms with van der Waals surface area (Å²) in [6.07, 6.45) is 5.77. The van der Waals surface area contributed by atoms with Gasteiger partial charge in [0, 0.05) is 4.88 Å². The molecule has 1 fully saturated rings. The summed E-state index contributed by atoms with van der Waals surface area (Å²) in [7, 11) is 0. The van der Waals surface area contributed by atoms with E-state index >= 15 is 0 Å². The Morgan fingerprint density at radius 1 is 1.35 bits per heavy atom. The number of carbonyl (C=O) groups excluding carboxylic acids is 1. The molecule has 0 saturated heterocycles. The molecule has 3 rings (SSSR count). The maximum atomic E-state index is 12.0. The van der Waals surface area contributed by atoms with E-state index in [2.05, 4.69) is 4.99 Å². The topological polar surface area (TPSA) is 38.7 Å². The highest BCUT2D eigenvalue weighted by Crippen LogP contribution is 2.36. The number of nitrogens with zero attached hydrogens (tertiary/aromatic N) is 1. The molecule has 1 aromatic heterocycles. The van der Waals surface area contributed by atoms with E-state index in [-0.39, 0.29) is 5.97 Å². The third kappa shape index (κ3) is 2.02. The average molecular weight is 249 g/mol. The number of hydrogen-bond acceptors (Lipinski definition) is 4. The summed E-state index contributed by atoms with van der Waals surface area (Å²) in [6, 6.07) is 4.06. The molecule has 1 aromatic rings. The molecule has 0 amide bonds. The highest BCUT2D eigenvalue weighted by atomic mass is 32.1. The van der Waals surface area contributed by atoms with Gasteiger partial charge in [0.25, 0.3) is 0 Å². The molecule has 3 nitrogen and oxygen atoms in total. The van der Waals surface area contributed by atoms with Crippen LogP contribution in [0.4, 0.5) is 0 Å². The van der Waals surface area contributed by atoms with Gasteiger partial charge in [-0.2, -0.15) is 0 Å². The second kappa shape index (κ2) is 4.26.